The van der Waals surface area contributed by atoms with Crippen molar-refractivity contribution in [2.24, 2.45) is 0 Å². The van der Waals surface area contributed by atoms with Crippen LogP contribution in [0.5, 0.6) is 5.75 Å². The number of ether oxygens (including phenoxy) is 1. The van der Waals surface area contributed by atoms with E-state index in [9.17, 15) is 4.79 Å². The van der Waals surface area contributed by atoms with Gasteiger partial charge in [-0.05, 0) is 31.3 Å². The van der Waals surface area contributed by atoms with Crippen LogP contribution in [-0.2, 0) is 4.79 Å². The van der Waals surface area contributed by atoms with Crippen molar-refractivity contribution in [3.05, 3.63) is 24.3 Å². The zero-order valence-corrected chi connectivity index (χ0v) is 11.3. The van der Waals surface area contributed by atoms with Gasteiger partial charge in [-0.15, -0.1) is 0 Å². The van der Waals surface area contributed by atoms with Crippen LogP contribution in [0, 0.1) is 0 Å². The van der Waals surface area contributed by atoms with Crippen LogP contribution >= 0.6 is 0 Å². The summed E-state index contributed by atoms with van der Waals surface area (Å²) >= 11 is 0. The molecule has 5 heteroatoms. The number of carbonyl (C=O) groups excluding carboxylic acids is 1. The van der Waals surface area contributed by atoms with Gasteiger partial charge in [-0.3, -0.25) is 4.79 Å². The van der Waals surface area contributed by atoms with Gasteiger partial charge in [-0.1, -0.05) is 0 Å². The number of nitrogen functional groups attached to an aromatic ring is 1. The number of amides is 1. The van der Waals surface area contributed by atoms with Crippen LogP contribution in [-0.4, -0.2) is 55.5 Å². The largest absolute Gasteiger partial charge is 0.493 e. The van der Waals surface area contributed by atoms with Crippen molar-refractivity contribution in [1.82, 2.24) is 9.80 Å². The minimum atomic E-state index is 0.170. The molecule has 1 amide bonds. The highest BCUT2D eigenvalue weighted by Gasteiger charge is 2.18. The van der Waals surface area contributed by atoms with E-state index in [1.165, 1.54) is 0 Å². The number of likely N-dealkylation sites (N-methyl/N-ethyl adjacent to an activating group) is 1. The summed E-state index contributed by atoms with van der Waals surface area (Å²) in [5, 5.41) is 0. The lowest BCUT2D eigenvalue weighted by Crippen LogP contribution is -2.47. The Bertz CT molecular complexity index is 411. The third kappa shape index (κ3) is 4.13. The maximum Gasteiger partial charge on any atom is 0.226 e. The summed E-state index contributed by atoms with van der Waals surface area (Å²) in [6.45, 7) is 3.94. The smallest absolute Gasteiger partial charge is 0.226 e. The fraction of sp³-hybridized carbons (Fsp3) is 0.500. The second-order valence-electron chi connectivity index (χ2n) is 4.85. The molecule has 1 saturated heterocycles. The molecule has 0 spiro atoms. The van der Waals surface area contributed by atoms with E-state index in [2.05, 4.69) is 11.9 Å². The highest BCUT2D eigenvalue weighted by atomic mass is 16.5. The summed E-state index contributed by atoms with van der Waals surface area (Å²) in [6, 6.07) is 7.21. The Kier molecular flexibility index (Phi) is 4.63. The zero-order valence-electron chi connectivity index (χ0n) is 11.3. The van der Waals surface area contributed by atoms with Gasteiger partial charge in [0.05, 0.1) is 13.0 Å². The first-order chi connectivity index (χ1) is 9.15. The highest BCUT2D eigenvalue weighted by molar-refractivity contribution is 5.76. The Balaban J connectivity index is 1.70. The van der Waals surface area contributed by atoms with Gasteiger partial charge in [0.25, 0.3) is 0 Å². The molecule has 0 unspecified atom stereocenters. The van der Waals surface area contributed by atoms with Crippen LogP contribution in [0.15, 0.2) is 24.3 Å². The van der Waals surface area contributed by atoms with Crippen LogP contribution in [0.25, 0.3) is 0 Å². The molecule has 1 aromatic rings. The summed E-state index contributed by atoms with van der Waals surface area (Å²) in [4.78, 5) is 16.1. The second kappa shape index (κ2) is 6.43. The van der Waals surface area contributed by atoms with Gasteiger partial charge in [0.2, 0.25) is 5.91 Å². The minimum absolute atomic E-state index is 0.170. The van der Waals surface area contributed by atoms with Gasteiger partial charge < -0.3 is 20.3 Å². The number of piperazine rings is 1. The number of anilines is 1. The molecule has 0 aliphatic carbocycles. The number of rotatable bonds is 4. The molecule has 2 N–H and O–H groups in total. The molecule has 0 radical (unpaired) electrons. The van der Waals surface area contributed by atoms with Crippen LogP contribution < -0.4 is 10.5 Å². The van der Waals surface area contributed by atoms with E-state index in [1.807, 2.05) is 17.0 Å². The maximum absolute atomic E-state index is 12.0. The van der Waals surface area contributed by atoms with Crippen LogP contribution in [0.4, 0.5) is 5.69 Å². The molecule has 19 heavy (non-hydrogen) atoms. The van der Waals surface area contributed by atoms with Crippen molar-refractivity contribution >= 4 is 11.6 Å². The predicted octanol–water partition coefficient (Wildman–Crippen LogP) is 0.812. The first-order valence-electron chi connectivity index (χ1n) is 6.60. The molecule has 1 heterocycles. The molecular formula is C14H21N3O2. The molecule has 0 bridgehead atoms. The Morgan fingerprint density at radius 3 is 2.47 bits per heavy atom. The molecule has 5 nitrogen and oxygen atoms in total. The lowest BCUT2D eigenvalue weighted by Gasteiger charge is -2.32. The van der Waals surface area contributed by atoms with Crippen molar-refractivity contribution in [3.8, 4) is 5.75 Å². The first-order valence-corrected chi connectivity index (χ1v) is 6.60. The fourth-order valence-electron chi connectivity index (χ4n) is 2.03. The van der Waals surface area contributed by atoms with E-state index in [4.69, 9.17) is 10.5 Å². The van der Waals surface area contributed by atoms with Crippen molar-refractivity contribution in [3.63, 3.8) is 0 Å². The minimum Gasteiger partial charge on any atom is -0.493 e. The topological polar surface area (TPSA) is 58.8 Å². The molecule has 2 rings (SSSR count). The second-order valence-corrected chi connectivity index (χ2v) is 4.85. The van der Waals surface area contributed by atoms with Gasteiger partial charge >= 0.3 is 0 Å². The molecule has 1 aliphatic rings. The van der Waals surface area contributed by atoms with Crippen molar-refractivity contribution in [2.45, 2.75) is 6.42 Å². The number of hydrogen-bond donors (Lipinski definition) is 1. The Morgan fingerprint density at radius 2 is 1.84 bits per heavy atom. The highest BCUT2D eigenvalue weighted by Crippen LogP contribution is 2.13. The number of nitrogens with two attached hydrogens (primary N) is 1. The van der Waals surface area contributed by atoms with E-state index in [1.54, 1.807) is 12.1 Å². The lowest BCUT2D eigenvalue weighted by molar-refractivity contribution is -0.133. The molecule has 1 fully saturated rings. The van der Waals surface area contributed by atoms with Gasteiger partial charge in [-0.2, -0.15) is 0 Å². The zero-order chi connectivity index (χ0) is 13.7. The van der Waals surface area contributed by atoms with Crippen molar-refractivity contribution in [1.29, 1.82) is 0 Å². The van der Waals surface area contributed by atoms with Crippen LogP contribution in [0.3, 0.4) is 0 Å². The predicted molar refractivity (Wildman–Crippen MR) is 75.0 cm³/mol. The van der Waals surface area contributed by atoms with Crippen LogP contribution in [0.1, 0.15) is 6.42 Å². The summed E-state index contributed by atoms with van der Waals surface area (Å²) in [6.07, 6.45) is 0.425. The van der Waals surface area contributed by atoms with Gasteiger partial charge in [0.15, 0.2) is 0 Å². The van der Waals surface area contributed by atoms with E-state index in [-0.39, 0.29) is 5.91 Å². The number of hydrogen-bond acceptors (Lipinski definition) is 4. The van der Waals surface area contributed by atoms with Gasteiger partial charge in [0, 0.05) is 31.9 Å². The molecule has 0 saturated carbocycles. The Hall–Kier alpha value is -1.75. The Morgan fingerprint density at radius 1 is 1.21 bits per heavy atom. The molecular weight excluding hydrogens is 242 g/mol. The van der Waals surface area contributed by atoms with E-state index in [0.717, 1.165) is 31.9 Å². The SMILES string of the molecule is CN1CCN(C(=O)CCOc2ccc(N)cc2)CC1. The van der Waals surface area contributed by atoms with Crippen LogP contribution in [0.2, 0.25) is 0 Å². The summed E-state index contributed by atoms with van der Waals surface area (Å²) < 4.78 is 5.53. The monoisotopic (exact) mass is 263 g/mol. The van der Waals surface area contributed by atoms with Crippen molar-refractivity contribution in [2.75, 3.05) is 45.6 Å². The Labute approximate surface area is 113 Å². The number of nitrogens with zero attached hydrogens (tertiary/aromatic N) is 2. The summed E-state index contributed by atoms with van der Waals surface area (Å²) in [5.74, 6) is 0.920. The molecule has 1 aliphatic heterocycles. The van der Waals surface area contributed by atoms with E-state index >= 15 is 0 Å². The summed E-state index contributed by atoms with van der Waals surface area (Å²) in [7, 11) is 2.08. The van der Waals surface area contributed by atoms with Gasteiger partial charge in [0.1, 0.15) is 5.75 Å². The molecule has 0 atom stereocenters. The first kappa shape index (κ1) is 13.7. The maximum atomic E-state index is 12.0. The van der Waals surface area contributed by atoms with Crippen molar-refractivity contribution < 1.29 is 9.53 Å². The molecule has 104 valence electrons. The third-order valence-corrected chi connectivity index (χ3v) is 3.32. The average Bonchev–Trinajstić information content (AvgIpc) is 2.41. The normalized spacial score (nSPS) is 16.4. The van der Waals surface area contributed by atoms with E-state index in [0.29, 0.717) is 18.7 Å². The van der Waals surface area contributed by atoms with Gasteiger partial charge in [-0.25, -0.2) is 0 Å². The molecule has 1 aromatic carbocycles. The fourth-order valence-corrected chi connectivity index (χ4v) is 2.03. The van der Waals surface area contributed by atoms with E-state index < -0.39 is 0 Å². The number of benzene rings is 1. The molecule has 0 aromatic heterocycles. The standard InChI is InChI=1S/C14H21N3O2/c1-16-7-9-17(10-8-16)14(18)6-11-19-13-4-2-12(15)3-5-13/h2-5H,6-11,15H2,1H3. The number of carbonyl (C=O) groups is 1. The quantitative estimate of drug-likeness (QED) is 0.817. The lowest BCUT2D eigenvalue weighted by atomic mass is 10.3. The summed E-state index contributed by atoms with van der Waals surface area (Å²) in [5.41, 5.74) is 6.30. The third-order valence-electron chi connectivity index (χ3n) is 3.32. The average molecular weight is 263 g/mol.